The van der Waals surface area contributed by atoms with Crippen LogP contribution in [0.4, 0.5) is 4.79 Å². The minimum Gasteiger partial charge on any atom is -0.361 e. The van der Waals surface area contributed by atoms with E-state index in [1.165, 1.54) is 4.90 Å². The van der Waals surface area contributed by atoms with E-state index in [4.69, 9.17) is 0 Å². The number of hydrogen-bond acceptors (Lipinski definition) is 3. The van der Waals surface area contributed by atoms with Crippen LogP contribution in [0.5, 0.6) is 0 Å². The summed E-state index contributed by atoms with van der Waals surface area (Å²) in [7, 11) is 0. The number of likely N-dealkylation sites (tertiary alicyclic amines) is 1. The molecule has 0 saturated carbocycles. The highest BCUT2D eigenvalue weighted by Crippen LogP contribution is 2.20. The van der Waals surface area contributed by atoms with Gasteiger partial charge in [0.2, 0.25) is 5.91 Å². The molecule has 1 aromatic carbocycles. The number of amides is 4. The van der Waals surface area contributed by atoms with E-state index in [0.717, 1.165) is 42.4 Å². The Labute approximate surface area is 151 Å². The van der Waals surface area contributed by atoms with Crippen molar-refractivity contribution in [1.82, 2.24) is 20.1 Å². The molecule has 26 heavy (non-hydrogen) atoms. The third-order valence-electron chi connectivity index (χ3n) is 5.22. The van der Waals surface area contributed by atoms with Crippen LogP contribution < -0.4 is 5.32 Å². The lowest BCUT2D eigenvalue weighted by Gasteiger charge is -2.17. The van der Waals surface area contributed by atoms with E-state index in [2.05, 4.69) is 10.3 Å². The van der Waals surface area contributed by atoms with Crippen molar-refractivity contribution in [2.45, 2.75) is 31.7 Å². The Morgan fingerprint density at radius 1 is 1.15 bits per heavy atom. The summed E-state index contributed by atoms with van der Waals surface area (Å²) in [4.78, 5) is 43.2. The SMILES string of the molecule is O=C(C[C@H]1NC(=O)N(CCc2c[nH]c3ccccc23)C1=O)N1CCCC1. The molecule has 7 nitrogen and oxygen atoms in total. The van der Waals surface area contributed by atoms with E-state index in [1.807, 2.05) is 30.5 Å². The molecular formula is C19H22N4O3. The largest absolute Gasteiger partial charge is 0.361 e. The van der Waals surface area contributed by atoms with E-state index < -0.39 is 12.1 Å². The van der Waals surface area contributed by atoms with Crippen LogP contribution in [0, 0.1) is 0 Å². The lowest BCUT2D eigenvalue weighted by Crippen LogP contribution is -2.38. The van der Waals surface area contributed by atoms with Crippen LogP contribution in [-0.4, -0.2) is 58.3 Å². The predicted molar refractivity (Wildman–Crippen MR) is 96.5 cm³/mol. The molecule has 2 saturated heterocycles. The predicted octanol–water partition coefficient (Wildman–Crippen LogP) is 1.64. The zero-order valence-electron chi connectivity index (χ0n) is 14.5. The number of hydrogen-bond donors (Lipinski definition) is 2. The van der Waals surface area contributed by atoms with Crippen LogP contribution >= 0.6 is 0 Å². The fourth-order valence-corrected chi connectivity index (χ4v) is 3.77. The van der Waals surface area contributed by atoms with Crippen LogP contribution in [0.1, 0.15) is 24.8 Å². The summed E-state index contributed by atoms with van der Waals surface area (Å²) >= 11 is 0. The molecule has 3 heterocycles. The number of carbonyl (C=O) groups excluding carboxylic acids is 3. The molecular weight excluding hydrogens is 332 g/mol. The van der Waals surface area contributed by atoms with Gasteiger partial charge in [-0.2, -0.15) is 0 Å². The van der Waals surface area contributed by atoms with E-state index in [-0.39, 0.29) is 18.2 Å². The van der Waals surface area contributed by atoms with Crippen molar-refractivity contribution in [3.05, 3.63) is 36.0 Å². The third-order valence-corrected chi connectivity index (χ3v) is 5.22. The minimum atomic E-state index is -0.737. The van der Waals surface area contributed by atoms with Gasteiger partial charge in [-0.3, -0.25) is 14.5 Å². The summed E-state index contributed by atoms with van der Waals surface area (Å²) in [5.41, 5.74) is 2.10. The highest BCUT2D eigenvalue weighted by Gasteiger charge is 2.39. The first-order chi connectivity index (χ1) is 12.6. The molecule has 0 unspecified atom stereocenters. The second-order valence-electron chi connectivity index (χ2n) is 6.89. The second kappa shape index (κ2) is 6.82. The average Bonchev–Trinajstić information content (AvgIpc) is 3.35. The summed E-state index contributed by atoms with van der Waals surface area (Å²) in [6.45, 7) is 1.80. The van der Waals surface area contributed by atoms with Gasteiger partial charge in [-0.05, 0) is 30.9 Å². The quantitative estimate of drug-likeness (QED) is 0.801. The number of carbonyl (C=O) groups is 3. The monoisotopic (exact) mass is 354 g/mol. The molecule has 4 rings (SSSR count). The van der Waals surface area contributed by atoms with Gasteiger partial charge >= 0.3 is 6.03 Å². The molecule has 0 radical (unpaired) electrons. The van der Waals surface area contributed by atoms with Crippen molar-refractivity contribution >= 4 is 28.7 Å². The summed E-state index contributed by atoms with van der Waals surface area (Å²) in [6.07, 6.45) is 4.56. The van der Waals surface area contributed by atoms with Crippen LogP contribution in [0.25, 0.3) is 10.9 Å². The number of aromatic amines is 1. The molecule has 1 aromatic heterocycles. The van der Waals surface area contributed by atoms with Gasteiger partial charge in [-0.15, -0.1) is 0 Å². The fraction of sp³-hybridized carbons (Fsp3) is 0.421. The van der Waals surface area contributed by atoms with Gasteiger partial charge in [-0.25, -0.2) is 4.79 Å². The zero-order valence-corrected chi connectivity index (χ0v) is 14.5. The number of fused-ring (bicyclic) bond motifs is 1. The second-order valence-corrected chi connectivity index (χ2v) is 6.89. The molecule has 1 atom stereocenters. The van der Waals surface area contributed by atoms with Crippen molar-refractivity contribution < 1.29 is 14.4 Å². The van der Waals surface area contributed by atoms with Crippen LogP contribution in [0.3, 0.4) is 0 Å². The standard InChI is InChI=1S/C19H22N4O3/c24-17(22-8-3-4-9-22)11-16-18(25)23(19(26)21-16)10-7-13-12-20-15-6-2-1-5-14(13)15/h1-2,5-6,12,16,20H,3-4,7-11H2,(H,21,26)/t16-/m1/s1. The van der Waals surface area contributed by atoms with Gasteiger partial charge in [0, 0.05) is 36.7 Å². The molecule has 4 amide bonds. The maximum Gasteiger partial charge on any atom is 0.324 e. The maximum atomic E-state index is 12.6. The first-order valence-corrected chi connectivity index (χ1v) is 9.08. The van der Waals surface area contributed by atoms with Crippen molar-refractivity contribution in [3.8, 4) is 0 Å². The molecule has 2 aromatic rings. The number of benzene rings is 1. The molecule has 0 bridgehead atoms. The number of urea groups is 1. The minimum absolute atomic E-state index is 0.0498. The molecule has 2 fully saturated rings. The van der Waals surface area contributed by atoms with E-state index >= 15 is 0 Å². The van der Waals surface area contributed by atoms with E-state index in [9.17, 15) is 14.4 Å². The number of rotatable bonds is 5. The van der Waals surface area contributed by atoms with Gasteiger partial charge < -0.3 is 15.2 Å². The number of nitrogens with zero attached hydrogens (tertiary/aromatic N) is 2. The summed E-state index contributed by atoms with van der Waals surface area (Å²) in [5.74, 6) is -0.359. The van der Waals surface area contributed by atoms with E-state index in [1.54, 1.807) is 4.90 Å². The van der Waals surface area contributed by atoms with Gasteiger partial charge in [0.1, 0.15) is 6.04 Å². The lowest BCUT2D eigenvalue weighted by atomic mass is 10.1. The van der Waals surface area contributed by atoms with Crippen LogP contribution in [0.15, 0.2) is 30.5 Å². The van der Waals surface area contributed by atoms with Crippen LogP contribution in [0.2, 0.25) is 0 Å². The van der Waals surface area contributed by atoms with Gasteiger partial charge in [-0.1, -0.05) is 18.2 Å². The number of para-hydroxylation sites is 1. The van der Waals surface area contributed by atoms with Crippen molar-refractivity contribution in [1.29, 1.82) is 0 Å². The van der Waals surface area contributed by atoms with Gasteiger partial charge in [0.25, 0.3) is 5.91 Å². The molecule has 2 aliphatic rings. The Hall–Kier alpha value is -2.83. The van der Waals surface area contributed by atoms with Crippen molar-refractivity contribution in [3.63, 3.8) is 0 Å². The van der Waals surface area contributed by atoms with E-state index in [0.29, 0.717) is 13.0 Å². The number of H-pyrrole nitrogens is 1. The normalized spacial score (nSPS) is 20.2. The molecule has 2 aliphatic heterocycles. The van der Waals surface area contributed by atoms with Gasteiger partial charge in [0.15, 0.2) is 0 Å². The fourth-order valence-electron chi connectivity index (χ4n) is 3.77. The Bertz CT molecular complexity index is 853. The van der Waals surface area contributed by atoms with Crippen molar-refractivity contribution in [2.75, 3.05) is 19.6 Å². The molecule has 136 valence electrons. The Kier molecular flexibility index (Phi) is 4.36. The Morgan fingerprint density at radius 3 is 2.73 bits per heavy atom. The Balaban J connectivity index is 1.38. The summed E-state index contributed by atoms with van der Waals surface area (Å²) in [5, 5.41) is 3.76. The highest BCUT2D eigenvalue weighted by molar-refractivity contribution is 6.05. The van der Waals surface area contributed by atoms with Crippen molar-refractivity contribution in [2.24, 2.45) is 0 Å². The smallest absolute Gasteiger partial charge is 0.324 e. The summed E-state index contributed by atoms with van der Waals surface area (Å²) in [6, 6.07) is 6.79. The maximum absolute atomic E-state index is 12.6. The topological polar surface area (TPSA) is 85.5 Å². The summed E-state index contributed by atoms with van der Waals surface area (Å²) < 4.78 is 0. The first-order valence-electron chi connectivity index (χ1n) is 9.08. The average molecular weight is 354 g/mol. The molecule has 0 spiro atoms. The van der Waals surface area contributed by atoms with Crippen LogP contribution in [-0.2, 0) is 16.0 Å². The number of imide groups is 1. The number of nitrogens with one attached hydrogen (secondary N) is 2. The Morgan fingerprint density at radius 2 is 1.92 bits per heavy atom. The van der Waals surface area contributed by atoms with Gasteiger partial charge in [0.05, 0.1) is 6.42 Å². The lowest BCUT2D eigenvalue weighted by molar-refractivity contribution is -0.135. The number of aromatic nitrogens is 1. The molecule has 0 aliphatic carbocycles. The molecule has 2 N–H and O–H groups in total. The zero-order chi connectivity index (χ0) is 18.1. The highest BCUT2D eigenvalue weighted by atomic mass is 16.2. The molecule has 7 heteroatoms. The first kappa shape index (κ1) is 16.6. The third kappa shape index (κ3) is 3.05.